The van der Waals surface area contributed by atoms with E-state index in [4.69, 9.17) is 9.11 Å². The molecule has 0 saturated carbocycles. The van der Waals surface area contributed by atoms with Crippen molar-refractivity contribution in [1.82, 2.24) is 0 Å². The number of hydrogen-bond acceptors (Lipinski definition) is 10. The van der Waals surface area contributed by atoms with Crippen molar-refractivity contribution in [3.05, 3.63) is 0 Å². The summed E-state index contributed by atoms with van der Waals surface area (Å²) in [4.78, 5) is 0. The van der Waals surface area contributed by atoms with E-state index >= 15 is 0 Å². The Labute approximate surface area is 198 Å². The molecular formula is C10H23NaO12S6. The van der Waals surface area contributed by atoms with Crippen molar-refractivity contribution in [2.24, 2.45) is 0 Å². The molecule has 172 valence electrons. The Bertz CT molecular complexity index is 904. The predicted octanol–water partition coefficient (Wildman–Crippen LogP) is -4.40. The van der Waals surface area contributed by atoms with Crippen LogP contribution < -0.4 is 29.6 Å². The van der Waals surface area contributed by atoms with Crippen molar-refractivity contribution in [1.29, 1.82) is 0 Å². The van der Waals surface area contributed by atoms with Gasteiger partial charge in [-0.3, -0.25) is 0 Å². The summed E-state index contributed by atoms with van der Waals surface area (Å²) in [7, 11) is -19.5. The maximum Gasteiger partial charge on any atom is 1.00 e. The quantitative estimate of drug-likeness (QED) is 0.0856. The van der Waals surface area contributed by atoms with Gasteiger partial charge in [-0.05, 0) is 25.7 Å². The summed E-state index contributed by atoms with van der Waals surface area (Å²) in [5.74, 6) is -5.18. The molecule has 0 aliphatic carbocycles. The molecule has 29 heavy (non-hydrogen) atoms. The third-order valence-corrected chi connectivity index (χ3v) is 16.0. The second-order valence-corrected chi connectivity index (χ2v) is 19.8. The summed E-state index contributed by atoms with van der Waals surface area (Å²) in [5, 5.41) is 0. The normalized spacial score (nSPS) is 15.4. The van der Waals surface area contributed by atoms with Gasteiger partial charge in [-0.1, -0.05) is 0 Å². The largest absolute Gasteiger partial charge is 1.00 e. The van der Waals surface area contributed by atoms with Crippen molar-refractivity contribution in [2.75, 3.05) is 34.5 Å². The minimum absolute atomic E-state index is 0. The van der Waals surface area contributed by atoms with Gasteiger partial charge in [0.15, 0.2) is 22.2 Å². The first-order chi connectivity index (χ1) is 12.5. The van der Waals surface area contributed by atoms with Crippen LogP contribution in [-0.2, 0) is 57.6 Å². The zero-order chi connectivity index (χ0) is 22.2. The molecule has 12 nitrogen and oxygen atoms in total. The summed E-state index contributed by atoms with van der Waals surface area (Å²) in [6, 6.07) is 0. The molecule has 2 unspecified atom stereocenters. The van der Waals surface area contributed by atoms with Crippen LogP contribution in [0, 0.1) is 0 Å². The molecule has 0 aromatic rings. The summed E-state index contributed by atoms with van der Waals surface area (Å²) >= 11 is -4.34. The van der Waals surface area contributed by atoms with Crippen LogP contribution in [0.4, 0.5) is 0 Å². The fourth-order valence-electron chi connectivity index (χ4n) is 1.72. The van der Waals surface area contributed by atoms with E-state index < -0.39 is 80.6 Å². The van der Waals surface area contributed by atoms with Crippen molar-refractivity contribution in [2.45, 2.75) is 25.7 Å². The van der Waals surface area contributed by atoms with E-state index in [-0.39, 0.29) is 68.2 Å². The smallest absolute Gasteiger partial charge is 1.00 e. The summed E-state index contributed by atoms with van der Waals surface area (Å²) in [5.41, 5.74) is 0. The van der Waals surface area contributed by atoms with Crippen LogP contribution in [-0.4, -0.2) is 85.7 Å². The monoisotopic (exact) mass is 550 g/mol. The first-order valence-electron chi connectivity index (χ1n) is 7.60. The third-order valence-electron chi connectivity index (χ3n) is 3.28. The van der Waals surface area contributed by atoms with Crippen LogP contribution >= 0.6 is 0 Å². The van der Waals surface area contributed by atoms with Gasteiger partial charge in [0.05, 0.1) is 23.0 Å². The Balaban J connectivity index is -0.00000364. The van der Waals surface area contributed by atoms with Crippen LogP contribution in [0.25, 0.3) is 0 Å². The van der Waals surface area contributed by atoms with E-state index in [1.54, 1.807) is 0 Å². The predicted molar refractivity (Wildman–Crippen MR) is 106 cm³/mol. The zero-order valence-electron chi connectivity index (χ0n) is 16.5. The molecule has 0 aliphatic heterocycles. The van der Waals surface area contributed by atoms with Gasteiger partial charge >= 0.3 is 29.6 Å². The topological polar surface area (TPSA) is 211 Å². The molecule has 0 spiro atoms. The Kier molecular flexibility index (Phi) is 15.0. The van der Waals surface area contributed by atoms with Crippen LogP contribution in [0.15, 0.2) is 0 Å². The van der Waals surface area contributed by atoms with E-state index in [0.717, 1.165) is 0 Å². The minimum atomic E-state index is -4.97. The summed E-state index contributed by atoms with van der Waals surface area (Å²) < 4.78 is 133. The fourth-order valence-corrected chi connectivity index (χ4v) is 11.4. The van der Waals surface area contributed by atoms with E-state index in [2.05, 4.69) is 0 Å². The van der Waals surface area contributed by atoms with E-state index in [0.29, 0.717) is 0 Å². The molecule has 0 radical (unpaired) electrons. The standard InChI is InChI=1S/C10H22O12S6.Na.H/c11-23(12)5-1-3-7-25(15,16)27(19,20)9-10-28(21,22)26(17,18)8-4-2-6-24(13)14;;/h1-10H2,(H,11,12)(H,13,14);;/q;+1;-1. The first-order valence-corrected chi connectivity index (χ1v) is 17.8. The molecule has 2 N–H and O–H groups in total. The van der Waals surface area contributed by atoms with Crippen molar-refractivity contribution in [3.8, 4) is 0 Å². The van der Waals surface area contributed by atoms with Crippen LogP contribution in [0.5, 0.6) is 0 Å². The van der Waals surface area contributed by atoms with E-state index in [9.17, 15) is 42.1 Å². The maximum absolute atomic E-state index is 11.9. The molecule has 0 rings (SSSR count). The van der Waals surface area contributed by atoms with Crippen molar-refractivity contribution >= 4 is 57.6 Å². The molecular weight excluding hydrogens is 527 g/mol. The van der Waals surface area contributed by atoms with Crippen molar-refractivity contribution < 1.29 is 82.2 Å². The Morgan fingerprint density at radius 1 is 0.517 bits per heavy atom. The van der Waals surface area contributed by atoms with Gasteiger partial charge in [-0.15, -0.1) is 0 Å². The molecule has 0 fully saturated rings. The summed E-state index contributed by atoms with van der Waals surface area (Å²) in [6.07, 6.45) is -0.595. The van der Waals surface area contributed by atoms with Gasteiger partial charge in [-0.2, -0.15) is 0 Å². The van der Waals surface area contributed by atoms with Gasteiger partial charge in [-0.25, -0.2) is 42.1 Å². The zero-order valence-corrected chi connectivity index (χ0v) is 22.4. The number of rotatable bonds is 15. The molecule has 2 atom stereocenters. The average molecular weight is 551 g/mol. The molecule has 19 heteroatoms. The molecule has 0 bridgehead atoms. The number of hydrogen-bond donors (Lipinski definition) is 2. The maximum atomic E-state index is 11.9. The molecule has 0 saturated heterocycles. The Morgan fingerprint density at radius 3 is 1.00 bits per heavy atom. The summed E-state index contributed by atoms with van der Waals surface area (Å²) in [6.45, 7) is 0. The van der Waals surface area contributed by atoms with Crippen molar-refractivity contribution in [3.63, 3.8) is 0 Å². The van der Waals surface area contributed by atoms with Gasteiger partial charge < -0.3 is 10.5 Å². The van der Waals surface area contributed by atoms with Gasteiger partial charge in [0.2, 0.25) is 0 Å². The molecule has 0 aliphatic rings. The molecule has 0 amide bonds. The molecule has 0 aromatic heterocycles. The Morgan fingerprint density at radius 2 is 0.759 bits per heavy atom. The molecule has 0 aromatic carbocycles. The van der Waals surface area contributed by atoms with Gasteiger partial charge in [0.1, 0.15) is 0 Å². The van der Waals surface area contributed by atoms with Crippen LogP contribution in [0.1, 0.15) is 27.1 Å². The fraction of sp³-hybridized carbons (Fsp3) is 1.00. The van der Waals surface area contributed by atoms with E-state index in [1.807, 2.05) is 0 Å². The molecule has 0 heterocycles. The number of unbranched alkanes of at least 4 members (excludes halogenated alkanes) is 2. The minimum Gasteiger partial charge on any atom is -1.00 e. The second kappa shape index (κ2) is 13.5. The second-order valence-electron chi connectivity index (χ2n) is 5.51. The SMILES string of the molecule is O=S(O)CCCCS(=O)(=O)S(=O)(=O)CCS(=O)(=O)S(=O)(=O)CCCCS(=O)O.[H-].[Na+]. The first kappa shape index (κ1) is 32.2. The van der Waals surface area contributed by atoms with Gasteiger partial charge in [0.25, 0.3) is 35.5 Å². The third kappa shape index (κ3) is 12.0. The average Bonchev–Trinajstić information content (AvgIpc) is 2.53. The Hall–Kier alpha value is 1.02. The van der Waals surface area contributed by atoms with E-state index in [1.165, 1.54) is 0 Å². The van der Waals surface area contributed by atoms with Crippen LogP contribution in [0.2, 0.25) is 0 Å². The van der Waals surface area contributed by atoms with Gasteiger partial charge in [0, 0.05) is 11.5 Å². The van der Waals surface area contributed by atoms with Crippen LogP contribution in [0.3, 0.4) is 0 Å².